The first-order chi connectivity index (χ1) is 14.0. The highest BCUT2D eigenvalue weighted by Gasteiger charge is 2.32. The van der Waals surface area contributed by atoms with E-state index in [9.17, 15) is 14.4 Å². The van der Waals surface area contributed by atoms with E-state index in [4.69, 9.17) is 16.3 Å². The zero-order valence-corrected chi connectivity index (χ0v) is 17.5. The molecule has 1 aromatic rings. The Morgan fingerprint density at radius 1 is 1.07 bits per heavy atom. The van der Waals surface area contributed by atoms with E-state index < -0.39 is 12.1 Å². The van der Waals surface area contributed by atoms with E-state index in [1.807, 2.05) is 42.5 Å². The summed E-state index contributed by atoms with van der Waals surface area (Å²) in [6.45, 7) is 0. The van der Waals surface area contributed by atoms with Gasteiger partial charge >= 0.3 is 11.9 Å². The summed E-state index contributed by atoms with van der Waals surface area (Å²) in [6, 6.07) is 9.75. The van der Waals surface area contributed by atoms with Crippen LogP contribution in [0.5, 0.6) is 0 Å². The van der Waals surface area contributed by atoms with Crippen molar-refractivity contribution in [3.63, 3.8) is 0 Å². The van der Waals surface area contributed by atoms with Crippen molar-refractivity contribution in [2.24, 2.45) is 0 Å². The van der Waals surface area contributed by atoms with Gasteiger partial charge in [0.15, 0.2) is 5.78 Å². The fourth-order valence-corrected chi connectivity index (χ4v) is 3.38. The molecule has 1 aliphatic rings. The molecule has 0 spiro atoms. The molecule has 29 heavy (non-hydrogen) atoms. The summed E-state index contributed by atoms with van der Waals surface area (Å²) in [5, 5.41) is 0. The molecule has 0 aromatic heterocycles. The minimum Gasteiger partial charge on any atom is -0.469 e. The predicted molar refractivity (Wildman–Crippen MR) is 112 cm³/mol. The number of allylic oxidation sites excluding steroid dienone is 1. The number of hydrogen-bond donors (Lipinski definition) is 0. The number of ketones is 1. The molecule has 1 aliphatic carbocycles. The number of carbonyl (C=O) groups excluding carboxylic acids is 3. The van der Waals surface area contributed by atoms with Crippen molar-refractivity contribution in [3.05, 3.63) is 53.1 Å². The number of carbonyl (C=O) groups is 3. The Hall–Kier alpha value is -2.40. The number of esters is 2. The summed E-state index contributed by atoms with van der Waals surface area (Å²) in [5.41, 5.74) is 2.48. The molecule has 1 aromatic carbocycles. The summed E-state index contributed by atoms with van der Waals surface area (Å²) >= 11 is 5.56. The quantitative estimate of drug-likeness (QED) is 0.297. The van der Waals surface area contributed by atoms with Crippen LogP contribution in [0.4, 0.5) is 0 Å². The van der Waals surface area contributed by atoms with Gasteiger partial charge in [0.2, 0.25) is 0 Å². The molecule has 5 nitrogen and oxygen atoms in total. The Bertz CT molecular complexity index is 767. The number of hydrogen-bond acceptors (Lipinski definition) is 5. The summed E-state index contributed by atoms with van der Waals surface area (Å²) in [5.74, 6) is -0.953. The van der Waals surface area contributed by atoms with Gasteiger partial charge in [-0.1, -0.05) is 55.3 Å². The molecule has 0 heterocycles. The van der Waals surface area contributed by atoms with Crippen molar-refractivity contribution in [2.75, 3.05) is 13.0 Å². The summed E-state index contributed by atoms with van der Waals surface area (Å²) in [4.78, 5) is 35.4. The summed E-state index contributed by atoms with van der Waals surface area (Å²) in [7, 11) is 1.39. The number of Topliss-reactive ketones (excluding diaryl/α,β-unsaturated/α-hetero) is 1. The summed E-state index contributed by atoms with van der Waals surface area (Å²) in [6.07, 6.45) is 7.84. The Morgan fingerprint density at radius 2 is 1.79 bits per heavy atom. The lowest BCUT2D eigenvalue weighted by atomic mass is 10.0. The van der Waals surface area contributed by atoms with Crippen molar-refractivity contribution in [1.29, 1.82) is 0 Å². The maximum atomic E-state index is 12.5. The van der Waals surface area contributed by atoms with Gasteiger partial charge in [0.25, 0.3) is 0 Å². The van der Waals surface area contributed by atoms with Gasteiger partial charge in [-0.05, 0) is 30.4 Å². The Labute approximate surface area is 176 Å². The third-order valence-electron chi connectivity index (χ3n) is 4.83. The smallest absolute Gasteiger partial charge is 0.321 e. The van der Waals surface area contributed by atoms with Crippen LogP contribution in [-0.2, 0) is 23.9 Å². The monoisotopic (exact) mass is 418 g/mol. The van der Waals surface area contributed by atoms with Crippen LogP contribution in [0.1, 0.15) is 50.5 Å². The van der Waals surface area contributed by atoms with Gasteiger partial charge in [0.1, 0.15) is 12.0 Å². The second-order valence-corrected chi connectivity index (χ2v) is 7.17. The van der Waals surface area contributed by atoms with Crippen LogP contribution >= 0.6 is 11.6 Å². The molecule has 0 aliphatic heterocycles. The van der Waals surface area contributed by atoms with Crippen molar-refractivity contribution in [1.82, 2.24) is 0 Å². The lowest BCUT2D eigenvalue weighted by Crippen LogP contribution is -2.18. The molecule has 156 valence electrons. The maximum absolute atomic E-state index is 12.5. The highest BCUT2D eigenvalue weighted by atomic mass is 35.5. The molecule has 6 heteroatoms. The van der Waals surface area contributed by atoms with Gasteiger partial charge in [-0.2, -0.15) is 0 Å². The number of methoxy groups -OCH3 is 1. The Morgan fingerprint density at radius 3 is 2.48 bits per heavy atom. The lowest BCUT2D eigenvalue weighted by molar-refractivity contribution is -0.144. The molecule has 0 N–H and O–H groups in total. The van der Waals surface area contributed by atoms with Crippen LogP contribution in [-0.4, -0.2) is 36.8 Å². The molecule has 0 bridgehead atoms. The third-order valence-corrected chi connectivity index (χ3v) is 5.04. The van der Waals surface area contributed by atoms with Crippen LogP contribution in [0, 0.1) is 0 Å². The molecule has 0 saturated carbocycles. The van der Waals surface area contributed by atoms with E-state index in [0.29, 0.717) is 12.8 Å². The zero-order chi connectivity index (χ0) is 21.1. The highest BCUT2D eigenvalue weighted by Crippen LogP contribution is 2.31. The number of halogens is 1. The highest BCUT2D eigenvalue weighted by molar-refractivity contribution is 6.26. The topological polar surface area (TPSA) is 69.7 Å². The first kappa shape index (κ1) is 22.9. The average molecular weight is 419 g/mol. The van der Waals surface area contributed by atoms with E-state index in [1.54, 1.807) is 0 Å². The van der Waals surface area contributed by atoms with E-state index >= 15 is 0 Å². The lowest BCUT2D eigenvalue weighted by Gasteiger charge is -2.13. The third kappa shape index (κ3) is 7.50. The Balaban J connectivity index is 2.04. The predicted octanol–water partition coefficient (Wildman–Crippen LogP) is 4.63. The SMILES string of the molecule is COC(=O)CCCCCCC1=C(/C=C/c2ccccc2)C(OC(=O)CCl)CC1=O. The largest absolute Gasteiger partial charge is 0.469 e. The molecular formula is C23H27ClO5. The van der Waals surface area contributed by atoms with E-state index in [-0.39, 0.29) is 24.1 Å². The molecule has 1 atom stereocenters. The average Bonchev–Trinajstić information content (AvgIpc) is 3.03. The number of ether oxygens (including phenoxy) is 2. The first-order valence-electron chi connectivity index (χ1n) is 9.86. The van der Waals surface area contributed by atoms with Gasteiger partial charge in [-0.3, -0.25) is 14.4 Å². The number of unbranched alkanes of at least 4 members (excludes halogenated alkanes) is 3. The van der Waals surface area contributed by atoms with E-state index in [2.05, 4.69) is 4.74 Å². The van der Waals surface area contributed by atoms with Crippen LogP contribution in [0.3, 0.4) is 0 Å². The van der Waals surface area contributed by atoms with Crippen molar-refractivity contribution in [3.8, 4) is 0 Å². The molecular weight excluding hydrogens is 392 g/mol. The zero-order valence-electron chi connectivity index (χ0n) is 16.7. The minimum absolute atomic E-state index is 0.0136. The van der Waals surface area contributed by atoms with Gasteiger partial charge < -0.3 is 9.47 Å². The fourth-order valence-electron chi connectivity index (χ4n) is 3.32. The second-order valence-electron chi connectivity index (χ2n) is 6.91. The van der Waals surface area contributed by atoms with Gasteiger partial charge in [-0.25, -0.2) is 0 Å². The normalized spacial score (nSPS) is 16.5. The van der Waals surface area contributed by atoms with Crippen molar-refractivity contribution >= 4 is 35.4 Å². The fraction of sp³-hybridized carbons (Fsp3) is 0.435. The van der Waals surface area contributed by atoms with Gasteiger partial charge in [0, 0.05) is 12.0 Å². The molecule has 0 amide bonds. The number of benzene rings is 1. The first-order valence-corrected chi connectivity index (χ1v) is 10.4. The standard InChI is InChI=1S/C23H27ClO5/c1-28-22(26)12-8-3-2-7-11-18-19(14-13-17-9-5-4-6-10-17)21(15-20(18)25)29-23(27)16-24/h4-6,9-10,13-14,21H,2-3,7-8,11-12,15-16H2,1H3/b14-13+. The minimum atomic E-state index is -0.581. The molecule has 0 saturated heterocycles. The maximum Gasteiger partial charge on any atom is 0.321 e. The molecule has 2 rings (SSSR count). The molecule has 1 unspecified atom stereocenters. The van der Waals surface area contributed by atoms with Crippen LogP contribution in [0.25, 0.3) is 6.08 Å². The van der Waals surface area contributed by atoms with E-state index in [1.165, 1.54) is 7.11 Å². The number of alkyl halides is 1. The molecule has 0 fully saturated rings. The van der Waals surface area contributed by atoms with E-state index in [0.717, 1.165) is 42.4 Å². The van der Waals surface area contributed by atoms with Crippen LogP contribution < -0.4 is 0 Å². The molecule has 0 radical (unpaired) electrons. The van der Waals surface area contributed by atoms with Crippen molar-refractivity contribution < 1.29 is 23.9 Å². The summed E-state index contributed by atoms with van der Waals surface area (Å²) < 4.78 is 10.0. The van der Waals surface area contributed by atoms with Crippen LogP contribution in [0.15, 0.2) is 47.6 Å². The van der Waals surface area contributed by atoms with Gasteiger partial charge in [0.05, 0.1) is 13.5 Å². The van der Waals surface area contributed by atoms with Gasteiger partial charge in [-0.15, -0.1) is 11.6 Å². The van der Waals surface area contributed by atoms with Crippen molar-refractivity contribution in [2.45, 2.75) is 51.0 Å². The Kier molecular flexibility index (Phi) is 9.65. The van der Waals surface area contributed by atoms with Crippen LogP contribution in [0.2, 0.25) is 0 Å². The number of rotatable bonds is 11. The second kappa shape index (κ2) is 12.2.